The van der Waals surface area contributed by atoms with Gasteiger partial charge in [-0.3, -0.25) is 14.9 Å². The number of anilines is 2. The van der Waals surface area contributed by atoms with Gasteiger partial charge < -0.3 is 9.64 Å². The van der Waals surface area contributed by atoms with Crippen LogP contribution in [0, 0.1) is 0 Å². The van der Waals surface area contributed by atoms with E-state index < -0.39 is 10.0 Å². The molecule has 230 valence electrons. The van der Waals surface area contributed by atoms with Crippen molar-refractivity contribution in [3.63, 3.8) is 0 Å². The Labute approximate surface area is 267 Å². The second kappa shape index (κ2) is 13.5. The van der Waals surface area contributed by atoms with E-state index in [0.717, 1.165) is 30.6 Å². The Morgan fingerprint density at radius 1 is 0.822 bits per heavy atom. The van der Waals surface area contributed by atoms with Crippen molar-refractivity contribution in [1.82, 2.24) is 14.8 Å². The minimum absolute atomic E-state index is 0.134. The van der Waals surface area contributed by atoms with Gasteiger partial charge in [0, 0.05) is 42.8 Å². The Morgan fingerprint density at radius 3 is 2.09 bits per heavy atom. The summed E-state index contributed by atoms with van der Waals surface area (Å²) in [6, 6.07) is 35.2. The maximum Gasteiger partial charge on any atom is 0.323 e. The fraction of sp³-hybridized carbons (Fsp3) is 0.176. The Bertz CT molecular complexity index is 1800. The summed E-state index contributed by atoms with van der Waals surface area (Å²) in [6.07, 6.45) is 1.10. The van der Waals surface area contributed by atoms with E-state index in [2.05, 4.69) is 68.5 Å². The molecular formula is C34H33N5O4S2. The van der Waals surface area contributed by atoms with E-state index in [4.69, 9.17) is 4.74 Å². The van der Waals surface area contributed by atoms with E-state index in [1.807, 2.05) is 46.7 Å². The molecule has 45 heavy (non-hydrogen) atoms. The number of benzene rings is 4. The Kier molecular flexibility index (Phi) is 9.11. The van der Waals surface area contributed by atoms with Crippen LogP contribution in [-0.2, 0) is 10.0 Å². The van der Waals surface area contributed by atoms with Gasteiger partial charge in [0.1, 0.15) is 11.5 Å². The van der Waals surface area contributed by atoms with Crippen molar-refractivity contribution in [2.45, 2.75) is 6.04 Å². The Balaban J connectivity index is 1.06. The maximum absolute atomic E-state index is 13.2. The predicted molar refractivity (Wildman–Crippen MR) is 179 cm³/mol. The highest BCUT2D eigenvalue weighted by Crippen LogP contribution is 2.32. The van der Waals surface area contributed by atoms with E-state index in [0.29, 0.717) is 35.4 Å². The molecule has 0 bridgehead atoms. The van der Waals surface area contributed by atoms with Crippen LogP contribution >= 0.6 is 11.3 Å². The van der Waals surface area contributed by atoms with Gasteiger partial charge in [-0.1, -0.05) is 72.8 Å². The molecular weight excluding hydrogens is 607 g/mol. The molecule has 0 spiro atoms. The highest BCUT2D eigenvalue weighted by molar-refractivity contribution is 7.92. The molecule has 1 aliphatic heterocycles. The van der Waals surface area contributed by atoms with Crippen molar-refractivity contribution in [3.05, 3.63) is 126 Å². The standard InChI is InChI=1S/C34H33N5O4S2/c1-45(41,42)37-28-15-17-29(18-16-28)43-30-14-8-13-27(23-30)31-24-44-33(35-31)36-34(40)39-21-19-38(20-22-39)32(25-9-4-2-5-10-25)26-11-6-3-7-12-26/h2-18,23-24,32,37H,19-22H2,1H3,(H,35,36,40). The van der Waals surface area contributed by atoms with Gasteiger partial charge >= 0.3 is 6.03 Å². The topological polar surface area (TPSA) is 104 Å². The van der Waals surface area contributed by atoms with E-state index in [1.54, 1.807) is 24.3 Å². The van der Waals surface area contributed by atoms with Crippen molar-refractivity contribution < 1.29 is 17.9 Å². The first-order valence-corrected chi connectivity index (χ1v) is 17.3. The van der Waals surface area contributed by atoms with Crippen LogP contribution in [0.5, 0.6) is 11.5 Å². The molecule has 0 unspecified atom stereocenters. The number of urea groups is 1. The third kappa shape index (κ3) is 7.88. The lowest BCUT2D eigenvalue weighted by molar-refractivity contribution is 0.126. The SMILES string of the molecule is CS(=O)(=O)Nc1ccc(Oc2cccc(-c3csc(NC(=O)N4CCN(C(c5ccccc5)c5ccccc5)CC4)n3)c2)cc1. The number of hydrogen-bond donors (Lipinski definition) is 2. The number of amides is 2. The van der Waals surface area contributed by atoms with Gasteiger partial charge in [-0.05, 0) is 47.5 Å². The Morgan fingerprint density at radius 2 is 1.47 bits per heavy atom. The number of thiazole rings is 1. The van der Waals surface area contributed by atoms with Crippen LogP contribution in [-0.4, -0.2) is 61.7 Å². The first-order chi connectivity index (χ1) is 21.8. The summed E-state index contributed by atoms with van der Waals surface area (Å²) >= 11 is 1.38. The van der Waals surface area contributed by atoms with Gasteiger partial charge in [-0.25, -0.2) is 18.2 Å². The molecule has 2 heterocycles. The molecule has 0 aliphatic carbocycles. The number of hydrogen-bond acceptors (Lipinski definition) is 7. The van der Waals surface area contributed by atoms with Gasteiger partial charge in [0.05, 0.1) is 18.0 Å². The molecule has 9 nitrogen and oxygen atoms in total. The molecule has 0 radical (unpaired) electrons. The van der Waals surface area contributed by atoms with Gasteiger partial charge in [-0.15, -0.1) is 11.3 Å². The van der Waals surface area contributed by atoms with E-state index >= 15 is 0 Å². The number of nitrogens with zero attached hydrogens (tertiary/aromatic N) is 3. The largest absolute Gasteiger partial charge is 0.457 e. The van der Waals surface area contributed by atoms with Crippen molar-refractivity contribution in [1.29, 1.82) is 0 Å². The highest BCUT2D eigenvalue weighted by atomic mass is 32.2. The number of rotatable bonds is 9. The molecule has 2 N–H and O–H groups in total. The van der Waals surface area contributed by atoms with E-state index in [-0.39, 0.29) is 12.1 Å². The average molecular weight is 640 g/mol. The highest BCUT2D eigenvalue weighted by Gasteiger charge is 2.28. The summed E-state index contributed by atoms with van der Waals surface area (Å²) in [4.78, 5) is 22.1. The summed E-state index contributed by atoms with van der Waals surface area (Å²) in [5, 5.41) is 5.42. The van der Waals surface area contributed by atoms with Crippen LogP contribution in [0.25, 0.3) is 11.3 Å². The number of ether oxygens (including phenoxy) is 1. The monoisotopic (exact) mass is 639 g/mol. The number of carbonyl (C=O) groups is 1. The van der Waals surface area contributed by atoms with Crippen LogP contribution < -0.4 is 14.8 Å². The minimum atomic E-state index is -3.35. The zero-order valence-corrected chi connectivity index (χ0v) is 26.3. The first kappa shape index (κ1) is 30.3. The van der Waals surface area contributed by atoms with Crippen molar-refractivity contribution >= 4 is 38.2 Å². The second-order valence-electron chi connectivity index (χ2n) is 10.7. The van der Waals surface area contributed by atoms with Crippen molar-refractivity contribution in [3.8, 4) is 22.8 Å². The predicted octanol–water partition coefficient (Wildman–Crippen LogP) is 6.91. The molecule has 0 saturated carbocycles. The molecule has 4 aromatic carbocycles. The molecule has 1 fully saturated rings. The van der Waals surface area contributed by atoms with Crippen LogP contribution in [0.2, 0.25) is 0 Å². The van der Waals surface area contributed by atoms with Gasteiger partial charge in [-0.2, -0.15) is 0 Å². The van der Waals surface area contributed by atoms with Gasteiger partial charge in [0.25, 0.3) is 0 Å². The number of sulfonamides is 1. The smallest absolute Gasteiger partial charge is 0.323 e. The lowest BCUT2D eigenvalue weighted by Gasteiger charge is -2.39. The minimum Gasteiger partial charge on any atom is -0.457 e. The summed E-state index contributed by atoms with van der Waals surface area (Å²) in [5.41, 5.74) is 4.52. The normalized spacial score (nSPS) is 13.9. The number of piperazine rings is 1. The summed E-state index contributed by atoms with van der Waals surface area (Å²) in [7, 11) is -3.35. The molecule has 1 aliphatic rings. The van der Waals surface area contributed by atoms with Crippen LogP contribution in [0.4, 0.5) is 15.6 Å². The van der Waals surface area contributed by atoms with Gasteiger partial charge in [0.2, 0.25) is 10.0 Å². The summed E-state index contributed by atoms with van der Waals surface area (Å²) in [5.74, 6) is 1.17. The molecule has 6 rings (SSSR count). The number of carbonyl (C=O) groups excluding carboxylic acids is 1. The maximum atomic E-state index is 13.2. The molecule has 1 saturated heterocycles. The van der Waals surface area contributed by atoms with E-state index in [1.165, 1.54) is 22.5 Å². The molecule has 1 aromatic heterocycles. The second-order valence-corrected chi connectivity index (χ2v) is 13.4. The Hall–Kier alpha value is -4.71. The lowest BCUT2D eigenvalue weighted by atomic mass is 9.96. The van der Waals surface area contributed by atoms with Crippen molar-refractivity contribution in [2.75, 3.05) is 42.5 Å². The quantitative estimate of drug-likeness (QED) is 0.182. The fourth-order valence-electron chi connectivity index (χ4n) is 5.36. The van der Waals surface area contributed by atoms with Crippen LogP contribution in [0.3, 0.4) is 0 Å². The zero-order valence-electron chi connectivity index (χ0n) is 24.7. The lowest BCUT2D eigenvalue weighted by Crippen LogP contribution is -2.51. The zero-order chi connectivity index (χ0) is 31.2. The average Bonchev–Trinajstić information content (AvgIpc) is 3.51. The van der Waals surface area contributed by atoms with Crippen molar-refractivity contribution in [2.24, 2.45) is 0 Å². The van der Waals surface area contributed by atoms with Gasteiger partial charge in [0.15, 0.2) is 5.13 Å². The number of aromatic nitrogens is 1. The third-order valence-corrected chi connectivity index (χ3v) is 8.80. The molecule has 0 atom stereocenters. The summed E-state index contributed by atoms with van der Waals surface area (Å²) in [6.45, 7) is 2.75. The molecule has 11 heteroatoms. The number of nitrogens with one attached hydrogen (secondary N) is 2. The molecule has 5 aromatic rings. The third-order valence-electron chi connectivity index (χ3n) is 7.44. The van der Waals surface area contributed by atoms with Crippen LogP contribution in [0.15, 0.2) is 115 Å². The fourth-order valence-corrected chi connectivity index (χ4v) is 6.64. The van der Waals surface area contributed by atoms with E-state index in [9.17, 15) is 13.2 Å². The summed E-state index contributed by atoms with van der Waals surface area (Å²) < 4.78 is 31.3. The molecule has 2 amide bonds. The first-order valence-electron chi connectivity index (χ1n) is 14.5. The van der Waals surface area contributed by atoms with Crippen LogP contribution in [0.1, 0.15) is 17.2 Å².